The van der Waals surface area contributed by atoms with Crippen LogP contribution in [0.15, 0.2) is 64.9 Å². The number of aliphatic hydroxyl groups excluding tert-OH is 1. The third kappa shape index (κ3) is 3.82. The molecule has 4 atom stereocenters. The SMILES string of the molecule is N=S(=O)(NC1COCC(N2c3ccccc3Oc3ccccc32)C1O)c1ccc(Cl)s1. The van der Waals surface area contributed by atoms with Crippen LogP contribution in [-0.2, 0) is 14.7 Å². The molecule has 1 saturated heterocycles. The van der Waals surface area contributed by atoms with E-state index in [9.17, 15) is 9.32 Å². The van der Waals surface area contributed by atoms with Crippen molar-refractivity contribution in [3.63, 3.8) is 0 Å². The molecule has 1 fully saturated rings. The van der Waals surface area contributed by atoms with E-state index in [-0.39, 0.29) is 13.2 Å². The second-order valence-corrected chi connectivity index (χ2v) is 11.1. The topological polar surface area (TPSA) is 94.9 Å². The van der Waals surface area contributed by atoms with Gasteiger partial charge in [-0.05, 0) is 36.4 Å². The summed E-state index contributed by atoms with van der Waals surface area (Å²) in [6.45, 7) is 0.409. The van der Waals surface area contributed by atoms with Crippen molar-refractivity contribution in [2.75, 3.05) is 18.1 Å². The van der Waals surface area contributed by atoms with Gasteiger partial charge in [0.1, 0.15) is 14.1 Å². The Hall–Kier alpha value is -2.14. The number of fused-ring (bicyclic) bond motifs is 2. The standard InChI is InChI=1S/C21H20ClN3O4S2/c22-19-9-10-20(30-19)31(23,27)24-13-11-28-12-16(21(13)26)25-14-5-1-3-7-17(14)29-18-8-4-2-6-15(18)25/h1-10,13,16,21,26H,11-12H2,(H2,23,24,27). The lowest BCUT2D eigenvalue weighted by Crippen LogP contribution is -2.60. The van der Waals surface area contributed by atoms with Crippen LogP contribution in [0.3, 0.4) is 0 Å². The molecule has 2 aliphatic rings. The van der Waals surface area contributed by atoms with E-state index < -0.39 is 28.1 Å². The minimum Gasteiger partial charge on any atom is -0.453 e. The second-order valence-electron chi connectivity index (χ2n) is 7.34. The zero-order valence-electron chi connectivity index (χ0n) is 16.2. The monoisotopic (exact) mass is 477 g/mol. The van der Waals surface area contributed by atoms with Gasteiger partial charge in [0.05, 0.1) is 47.1 Å². The van der Waals surface area contributed by atoms with Crippen LogP contribution in [0.25, 0.3) is 0 Å². The summed E-state index contributed by atoms with van der Waals surface area (Å²) in [6, 6.07) is 17.2. The van der Waals surface area contributed by atoms with Crippen molar-refractivity contribution >= 4 is 44.2 Å². The highest BCUT2D eigenvalue weighted by Gasteiger charge is 2.41. The highest BCUT2D eigenvalue weighted by Crippen LogP contribution is 2.48. The Morgan fingerprint density at radius 1 is 1.06 bits per heavy atom. The number of halogens is 1. The number of ether oxygens (including phenoxy) is 2. The van der Waals surface area contributed by atoms with E-state index in [1.807, 2.05) is 53.4 Å². The molecule has 4 unspecified atom stereocenters. The molecule has 0 aliphatic carbocycles. The number of anilines is 2. The lowest BCUT2D eigenvalue weighted by atomic mass is 9.98. The lowest BCUT2D eigenvalue weighted by molar-refractivity contribution is -0.0242. The zero-order valence-corrected chi connectivity index (χ0v) is 18.6. The average Bonchev–Trinajstić information content (AvgIpc) is 3.21. The quantitative estimate of drug-likeness (QED) is 0.518. The van der Waals surface area contributed by atoms with Gasteiger partial charge in [-0.1, -0.05) is 35.9 Å². The number of para-hydroxylation sites is 4. The first-order valence-corrected chi connectivity index (χ1v) is 12.4. The van der Waals surface area contributed by atoms with Gasteiger partial charge in [0.2, 0.25) is 0 Å². The molecule has 162 valence electrons. The van der Waals surface area contributed by atoms with Crippen molar-refractivity contribution in [1.82, 2.24) is 4.72 Å². The Morgan fingerprint density at radius 3 is 2.32 bits per heavy atom. The first kappa shape index (κ1) is 20.7. The Bertz CT molecular complexity index is 1170. The number of thiophene rings is 1. The normalized spacial score (nSPS) is 24.6. The fourth-order valence-corrected chi connectivity index (χ4v) is 6.73. The summed E-state index contributed by atoms with van der Waals surface area (Å²) < 4.78 is 36.7. The molecular formula is C21H20ClN3O4S2. The average molecular weight is 478 g/mol. The van der Waals surface area contributed by atoms with Crippen LogP contribution in [0.4, 0.5) is 11.4 Å². The van der Waals surface area contributed by atoms with Crippen LogP contribution < -0.4 is 14.4 Å². The maximum absolute atomic E-state index is 13.0. The molecule has 2 aliphatic heterocycles. The molecule has 3 N–H and O–H groups in total. The molecule has 0 saturated carbocycles. The molecule has 0 amide bonds. The summed E-state index contributed by atoms with van der Waals surface area (Å²) in [5.74, 6) is 1.36. The second kappa shape index (κ2) is 8.09. The van der Waals surface area contributed by atoms with Gasteiger partial charge in [0.25, 0.3) is 0 Å². The van der Waals surface area contributed by atoms with Gasteiger partial charge < -0.3 is 19.5 Å². The van der Waals surface area contributed by atoms with E-state index in [0.717, 1.165) is 22.7 Å². The van der Waals surface area contributed by atoms with Crippen molar-refractivity contribution in [1.29, 1.82) is 4.78 Å². The van der Waals surface area contributed by atoms with E-state index >= 15 is 0 Å². The van der Waals surface area contributed by atoms with Crippen molar-refractivity contribution < 1.29 is 18.8 Å². The number of nitrogens with one attached hydrogen (secondary N) is 2. The Labute approximate surface area is 189 Å². The molecule has 31 heavy (non-hydrogen) atoms. The largest absolute Gasteiger partial charge is 0.453 e. The highest BCUT2D eigenvalue weighted by atomic mass is 35.5. The zero-order chi connectivity index (χ0) is 21.6. The van der Waals surface area contributed by atoms with Crippen molar-refractivity contribution in [2.45, 2.75) is 22.4 Å². The van der Waals surface area contributed by atoms with Gasteiger partial charge in [-0.25, -0.2) is 13.7 Å². The fraction of sp³-hybridized carbons (Fsp3) is 0.238. The third-order valence-electron chi connectivity index (χ3n) is 5.34. The maximum atomic E-state index is 13.0. The third-order valence-corrected chi connectivity index (χ3v) is 8.66. The van der Waals surface area contributed by atoms with Gasteiger partial charge in [-0.3, -0.25) is 0 Å². The van der Waals surface area contributed by atoms with Gasteiger partial charge in [-0.15, -0.1) is 11.3 Å². The van der Waals surface area contributed by atoms with E-state index in [4.69, 9.17) is 25.9 Å². The molecule has 0 radical (unpaired) electrons. The number of hydrogen-bond acceptors (Lipinski definition) is 7. The Kier molecular flexibility index (Phi) is 5.41. The summed E-state index contributed by atoms with van der Waals surface area (Å²) >= 11 is 7.03. The van der Waals surface area contributed by atoms with Crippen LogP contribution in [0.2, 0.25) is 4.34 Å². The smallest absolute Gasteiger partial charge is 0.151 e. The number of rotatable bonds is 4. The number of aliphatic hydroxyl groups is 1. The number of hydrogen-bond donors (Lipinski definition) is 3. The van der Waals surface area contributed by atoms with Crippen LogP contribution in [0, 0.1) is 4.78 Å². The lowest BCUT2D eigenvalue weighted by Gasteiger charge is -2.44. The van der Waals surface area contributed by atoms with Crippen LogP contribution >= 0.6 is 22.9 Å². The molecular weight excluding hydrogens is 458 g/mol. The molecule has 0 bridgehead atoms. The van der Waals surface area contributed by atoms with Gasteiger partial charge in [0.15, 0.2) is 11.5 Å². The first-order chi connectivity index (χ1) is 14.9. The summed E-state index contributed by atoms with van der Waals surface area (Å²) in [5.41, 5.74) is 1.62. The summed E-state index contributed by atoms with van der Waals surface area (Å²) in [6.07, 6.45) is -0.949. The molecule has 7 nitrogen and oxygen atoms in total. The first-order valence-electron chi connectivity index (χ1n) is 9.66. The molecule has 10 heteroatoms. The molecule has 0 spiro atoms. The maximum Gasteiger partial charge on any atom is 0.151 e. The molecule has 5 rings (SSSR count). The molecule has 3 heterocycles. The fourth-order valence-electron chi connectivity index (χ4n) is 3.93. The van der Waals surface area contributed by atoms with Crippen molar-refractivity contribution in [2.24, 2.45) is 0 Å². The summed E-state index contributed by atoms with van der Waals surface area (Å²) in [7, 11) is -3.35. The van der Waals surface area contributed by atoms with Gasteiger partial charge >= 0.3 is 0 Å². The predicted octanol–water partition coefficient (Wildman–Crippen LogP) is 4.38. The summed E-state index contributed by atoms with van der Waals surface area (Å²) in [4.78, 5) is 2.00. The Morgan fingerprint density at radius 2 is 1.71 bits per heavy atom. The Balaban J connectivity index is 1.48. The van der Waals surface area contributed by atoms with Crippen LogP contribution in [0.5, 0.6) is 11.5 Å². The minimum atomic E-state index is -3.35. The summed E-state index contributed by atoms with van der Waals surface area (Å²) in [5, 5.41) is 11.3. The number of nitrogens with zero attached hydrogens (tertiary/aromatic N) is 1. The minimum absolute atomic E-state index is 0.139. The molecule has 1 aromatic heterocycles. The van der Waals surface area contributed by atoms with E-state index in [2.05, 4.69) is 4.72 Å². The predicted molar refractivity (Wildman–Crippen MR) is 121 cm³/mol. The number of benzene rings is 2. The van der Waals surface area contributed by atoms with E-state index in [1.165, 1.54) is 0 Å². The van der Waals surface area contributed by atoms with Crippen LogP contribution in [-0.4, -0.2) is 40.7 Å². The van der Waals surface area contributed by atoms with Gasteiger partial charge in [0, 0.05) is 0 Å². The van der Waals surface area contributed by atoms with Crippen molar-refractivity contribution in [3.8, 4) is 11.5 Å². The van der Waals surface area contributed by atoms with Crippen LogP contribution in [0.1, 0.15) is 0 Å². The molecule has 3 aromatic rings. The van der Waals surface area contributed by atoms with Crippen molar-refractivity contribution in [3.05, 3.63) is 65.0 Å². The molecule has 2 aromatic carbocycles. The van der Waals surface area contributed by atoms with E-state index in [0.29, 0.717) is 20.0 Å². The van der Waals surface area contributed by atoms with E-state index in [1.54, 1.807) is 12.1 Å². The van der Waals surface area contributed by atoms with Gasteiger partial charge in [-0.2, -0.15) is 0 Å². The highest BCUT2D eigenvalue weighted by molar-refractivity contribution is 7.92.